The molecule has 0 saturated carbocycles. The van der Waals surface area contributed by atoms with Gasteiger partial charge in [-0.05, 0) is 24.3 Å². The van der Waals surface area contributed by atoms with E-state index in [0.717, 1.165) is 5.69 Å². The summed E-state index contributed by atoms with van der Waals surface area (Å²) >= 11 is 0. The summed E-state index contributed by atoms with van der Waals surface area (Å²) in [5.74, 6) is -0.484. The number of anilines is 1. The van der Waals surface area contributed by atoms with Crippen molar-refractivity contribution in [1.29, 1.82) is 0 Å². The fraction of sp³-hybridized carbons (Fsp3) is 0.105. The molecule has 0 fully saturated rings. The average Bonchev–Trinajstić information content (AvgIpc) is 3.16. The fourth-order valence-corrected chi connectivity index (χ4v) is 2.40. The van der Waals surface area contributed by atoms with Gasteiger partial charge in [0, 0.05) is 30.4 Å². The molecule has 0 atom stereocenters. The van der Waals surface area contributed by atoms with Crippen LogP contribution >= 0.6 is 0 Å². The molecule has 3 rings (SSSR count). The highest BCUT2D eigenvalue weighted by atomic mass is 16.2. The van der Waals surface area contributed by atoms with Crippen molar-refractivity contribution < 1.29 is 9.59 Å². The van der Waals surface area contributed by atoms with Crippen LogP contribution in [0.1, 0.15) is 26.4 Å². The van der Waals surface area contributed by atoms with E-state index in [1.165, 1.54) is 0 Å². The summed E-state index contributed by atoms with van der Waals surface area (Å²) in [4.78, 5) is 31.7. The lowest BCUT2D eigenvalue weighted by Gasteiger charge is -2.11. The van der Waals surface area contributed by atoms with Gasteiger partial charge < -0.3 is 15.6 Å². The number of hydrogen-bond acceptors (Lipinski definition) is 3. The number of amides is 2. The maximum absolute atomic E-state index is 12.4. The summed E-state index contributed by atoms with van der Waals surface area (Å²) in [5.41, 5.74) is 2.40. The summed E-state index contributed by atoms with van der Waals surface area (Å²) < 4.78 is 0. The first-order valence-corrected chi connectivity index (χ1v) is 7.95. The van der Waals surface area contributed by atoms with Gasteiger partial charge in [-0.3, -0.25) is 9.59 Å². The van der Waals surface area contributed by atoms with Crippen molar-refractivity contribution in [3.63, 3.8) is 0 Å². The lowest BCUT2D eigenvalue weighted by Crippen LogP contribution is -2.27. The summed E-state index contributed by atoms with van der Waals surface area (Å²) in [6.45, 7) is 0.474. The number of carbonyl (C=O) groups excluding carboxylic acids is 2. The normalized spacial score (nSPS) is 10.2. The largest absolute Gasteiger partial charge is 0.352 e. The molecular formula is C19H18N4O2. The zero-order valence-corrected chi connectivity index (χ0v) is 13.5. The third-order valence-corrected chi connectivity index (χ3v) is 3.69. The van der Waals surface area contributed by atoms with Crippen molar-refractivity contribution in [2.24, 2.45) is 0 Å². The molecule has 6 heteroatoms. The van der Waals surface area contributed by atoms with Gasteiger partial charge in [0.2, 0.25) is 0 Å². The lowest BCUT2D eigenvalue weighted by molar-refractivity contribution is 0.0955. The monoisotopic (exact) mass is 334 g/mol. The van der Waals surface area contributed by atoms with Crippen molar-refractivity contribution in [1.82, 2.24) is 15.3 Å². The highest BCUT2D eigenvalue weighted by Crippen LogP contribution is 2.16. The first-order chi connectivity index (χ1) is 12.2. The summed E-state index contributed by atoms with van der Waals surface area (Å²) in [6, 6.07) is 15.8. The van der Waals surface area contributed by atoms with Gasteiger partial charge in [0.25, 0.3) is 11.8 Å². The second-order valence-corrected chi connectivity index (χ2v) is 5.45. The molecule has 6 nitrogen and oxygen atoms in total. The van der Waals surface area contributed by atoms with E-state index >= 15 is 0 Å². The molecule has 2 aromatic carbocycles. The number of nitrogens with zero attached hydrogens (tertiary/aromatic N) is 1. The maximum atomic E-state index is 12.4. The Hall–Kier alpha value is -3.41. The molecule has 0 saturated heterocycles. The zero-order chi connectivity index (χ0) is 17.5. The fourth-order valence-electron chi connectivity index (χ4n) is 2.40. The van der Waals surface area contributed by atoms with Gasteiger partial charge >= 0.3 is 0 Å². The Morgan fingerprint density at radius 2 is 1.72 bits per heavy atom. The van der Waals surface area contributed by atoms with Crippen LogP contribution in [-0.2, 0) is 6.42 Å². The molecular weight excluding hydrogens is 316 g/mol. The van der Waals surface area contributed by atoms with Crippen LogP contribution in [0.5, 0.6) is 0 Å². The minimum Gasteiger partial charge on any atom is -0.352 e. The number of carbonyl (C=O) groups is 2. The van der Waals surface area contributed by atoms with Gasteiger partial charge in [-0.15, -0.1) is 0 Å². The summed E-state index contributed by atoms with van der Waals surface area (Å²) in [5, 5.41) is 5.65. The number of hydrogen-bond donors (Lipinski definition) is 3. The highest BCUT2D eigenvalue weighted by molar-refractivity contribution is 6.08. The van der Waals surface area contributed by atoms with E-state index in [1.54, 1.807) is 61.1 Å². The minimum absolute atomic E-state index is 0.233. The van der Waals surface area contributed by atoms with Gasteiger partial charge in [-0.25, -0.2) is 4.98 Å². The Morgan fingerprint density at radius 3 is 2.48 bits per heavy atom. The van der Waals surface area contributed by atoms with E-state index in [2.05, 4.69) is 20.6 Å². The quantitative estimate of drug-likeness (QED) is 0.647. The van der Waals surface area contributed by atoms with E-state index in [1.807, 2.05) is 6.07 Å². The molecule has 1 aromatic heterocycles. The van der Waals surface area contributed by atoms with E-state index in [4.69, 9.17) is 0 Å². The van der Waals surface area contributed by atoms with Crippen molar-refractivity contribution in [3.8, 4) is 0 Å². The molecule has 0 aliphatic carbocycles. The first-order valence-electron chi connectivity index (χ1n) is 7.95. The first kappa shape index (κ1) is 16.4. The molecule has 1 heterocycles. The molecule has 126 valence electrons. The average molecular weight is 334 g/mol. The molecule has 0 radical (unpaired) electrons. The van der Waals surface area contributed by atoms with Crippen LogP contribution in [0, 0.1) is 0 Å². The molecule has 3 aromatic rings. The van der Waals surface area contributed by atoms with Crippen LogP contribution in [0.25, 0.3) is 0 Å². The smallest absolute Gasteiger partial charge is 0.255 e. The van der Waals surface area contributed by atoms with Gasteiger partial charge in [0.05, 0.1) is 17.6 Å². The Balaban J connectivity index is 1.65. The highest BCUT2D eigenvalue weighted by Gasteiger charge is 2.13. The van der Waals surface area contributed by atoms with Crippen LogP contribution in [-0.4, -0.2) is 28.3 Å². The molecule has 0 aliphatic rings. The number of imidazole rings is 1. The molecule has 0 spiro atoms. The molecule has 3 N–H and O–H groups in total. The summed E-state index contributed by atoms with van der Waals surface area (Å²) in [6.07, 6.45) is 3.98. The number of benzene rings is 2. The van der Waals surface area contributed by atoms with E-state index < -0.39 is 0 Å². The van der Waals surface area contributed by atoms with E-state index in [0.29, 0.717) is 29.8 Å². The topological polar surface area (TPSA) is 86.9 Å². The predicted octanol–water partition coefficient (Wildman–Crippen LogP) is 2.63. The molecule has 2 amide bonds. The molecule has 0 unspecified atom stereocenters. The predicted molar refractivity (Wildman–Crippen MR) is 95.5 cm³/mol. The second-order valence-electron chi connectivity index (χ2n) is 5.45. The molecule has 0 bridgehead atoms. The Morgan fingerprint density at radius 1 is 0.960 bits per heavy atom. The summed E-state index contributed by atoms with van der Waals surface area (Å²) in [7, 11) is 0. The number of aromatic amines is 1. The van der Waals surface area contributed by atoms with Crippen LogP contribution < -0.4 is 10.6 Å². The van der Waals surface area contributed by atoms with Gasteiger partial charge in [-0.1, -0.05) is 30.3 Å². The number of nitrogens with one attached hydrogen (secondary N) is 3. The van der Waals surface area contributed by atoms with Crippen molar-refractivity contribution in [3.05, 3.63) is 83.9 Å². The molecule has 25 heavy (non-hydrogen) atoms. The van der Waals surface area contributed by atoms with Crippen molar-refractivity contribution in [2.45, 2.75) is 6.42 Å². The third kappa shape index (κ3) is 4.32. The number of H-pyrrole nitrogens is 1. The Kier molecular flexibility index (Phi) is 5.21. The van der Waals surface area contributed by atoms with Crippen LogP contribution in [0.4, 0.5) is 5.69 Å². The zero-order valence-electron chi connectivity index (χ0n) is 13.5. The Labute approximate surface area is 145 Å². The van der Waals surface area contributed by atoms with Crippen LogP contribution in [0.3, 0.4) is 0 Å². The van der Waals surface area contributed by atoms with Crippen LogP contribution in [0.2, 0.25) is 0 Å². The van der Waals surface area contributed by atoms with Crippen molar-refractivity contribution >= 4 is 17.5 Å². The SMILES string of the molecule is O=C(Nc1ccccc1C(=O)NCCc1cnc[nH]1)c1ccccc1. The van der Waals surface area contributed by atoms with E-state index in [9.17, 15) is 9.59 Å². The van der Waals surface area contributed by atoms with E-state index in [-0.39, 0.29) is 11.8 Å². The number of rotatable bonds is 6. The van der Waals surface area contributed by atoms with Gasteiger partial charge in [0.15, 0.2) is 0 Å². The Bertz CT molecular complexity index is 845. The van der Waals surface area contributed by atoms with Gasteiger partial charge in [-0.2, -0.15) is 0 Å². The standard InChI is InChI=1S/C19H18N4O2/c24-18(14-6-2-1-3-7-14)23-17-9-5-4-8-16(17)19(25)21-11-10-15-12-20-13-22-15/h1-9,12-13H,10-11H2,(H,20,22)(H,21,25)(H,23,24). The number of para-hydroxylation sites is 1. The van der Waals surface area contributed by atoms with Gasteiger partial charge in [0.1, 0.15) is 0 Å². The minimum atomic E-state index is -0.252. The van der Waals surface area contributed by atoms with Crippen LogP contribution in [0.15, 0.2) is 67.1 Å². The molecule has 0 aliphatic heterocycles. The third-order valence-electron chi connectivity index (χ3n) is 3.69. The lowest BCUT2D eigenvalue weighted by atomic mass is 10.1. The number of aromatic nitrogens is 2. The van der Waals surface area contributed by atoms with Crippen molar-refractivity contribution in [2.75, 3.05) is 11.9 Å². The maximum Gasteiger partial charge on any atom is 0.255 e. The second kappa shape index (κ2) is 7.92.